The first kappa shape index (κ1) is 21.5. The van der Waals surface area contributed by atoms with Gasteiger partial charge in [0.15, 0.2) is 0 Å². The molecule has 7 heteroatoms. The van der Waals surface area contributed by atoms with Crippen LogP contribution in [0.5, 0.6) is 5.75 Å². The van der Waals surface area contributed by atoms with Crippen LogP contribution < -0.4 is 15.4 Å². The average Bonchev–Trinajstić information content (AvgIpc) is 3.11. The molecule has 0 unspecified atom stereocenters. The zero-order chi connectivity index (χ0) is 20.2. The van der Waals surface area contributed by atoms with E-state index in [-0.39, 0.29) is 18.4 Å². The van der Waals surface area contributed by atoms with Crippen molar-refractivity contribution in [1.29, 1.82) is 0 Å². The number of ether oxygens (including phenoxy) is 1. The SMILES string of the molecule is CCCCCCCCC(=O)Nc1cnn(CC(=O)Nc2ccc(OC)cc2)c1. The smallest absolute Gasteiger partial charge is 0.246 e. The van der Waals surface area contributed by atoms with Crippen molar-refractivity contribution >= 4 is 23.2 Å². The molecule has 0 saturated heterocycles. The minimum atomic E-state index is -0.196. The van der Waals surface area contributed by atoms with Crippen molar-refractivity contribution < 1.29 is 14.3 Å². The number of nitrogens with one attached hydrogen (secondary N) is 2. The van der Waals surface area contributed by atoms with Gasteiger partial charge in [-0.3, -0.25) is 14.3 Å². The van der Waals surface area contributed by atoms with Crippen LogP contribution in [0.25, 0.3) is 0 Å². The Morgan fingerprint density at radius 1 is 0.964 bits per heavy atom. The Bertz CT molecular complexity index is 740. The Balaban J connectivity index is 1.70. The molecule has 7 nitrogen and oxygen atoms in total. The van der Waals surface area contributed by atoms with E-state index in [1.165, 1.54) is 30.4 Å². The second kappa shape index (κ2) is 11.8. The molecule has 0 radical (unpaired) electrons. The number of hydrogen-bond donors (Lipinski definition) is 2. The van der Waals surface area contributed by atoms with Gasteiger partial charge >= 0.3 is 0 Å². The van der Waals surface area contributed by atoms with Crippen LogP contribution >= 0.6 is 0 Å². The highest BCUT2D eigenvalue weighted by Crippen LogP contribution is 2.15. The van der Waals surface area contributed by atoms with Crippen LogP contribution in [-0.2, 0) is 16.1 Å². The fraction of sp³-hybridized carbons (Fsp3) is 0.476. The molecule has 0 spiro atoms. The molecule has 1 heterocycles. The summed E-state index contributed by atoms with van der Waals surface area (Å²) in [6, 6.07) is 7.10. The van der Waals surface area contributed by atoms with E-state index >= 15 is 0 Å². The lowest BCUT2D eigenvalue weighted by Crippen LogP contribution is -2.19. The molecule has 0 aliphatic rings. The van der Waals surface area contributed by atoms with Gasteiger partial charge in [-0.15, -0.1) is 0 Å². The molecule has 152 valence electrons. The topological polar surface area (TPSA) is 85.2 Å². The highest BCUT2D eigenvalue weighted by Gasteiger charge is 2.08. The van der Waals surface area contributed by atoms with Gasteiger partial charge in [0, 0.05) is 18.3 Å². The van der Waals surface area contributed by atoms with Crippen LogP contribution in [0.3, 0.4) is 0 Å². The zero-order valence-corrected chi connectivity index (χ0v) is 16.7. The molecule has 1 aromatic heterocycles. The molecular weight excluding hydrogens is 356 g/mol. The van der Waals surface area contributed by atoms with E-state index in [9.17, 15) is 9.59 Å². The fourth-order valence-electron chi connectivity index (χ4n) is 2.83. The zero-order valence-electron chi connectivity index (χ0n) is 16.7. The summed E-state index contributed by atoms with van der Waals surface area (Å²) in [4.78, 5) is 24.1. The number of anilines is 2. The lowest BCUT2D eigenvalue weighted by atomic mass is 10.1. The van der Waals surface area contributed by atoms with Crippen LogP contribution in [0.2, 0.25) is 0 Å². The summed E-state index contributed by atoms with van der Waals surface area (Å²) in [5.41, 5.74) is 1.29. The number of carbonyl (C=O) groups is 2. The van der Waals surface area contributed by atoms with Crippen molar-refractivity contribution in [2.24, 2.45) is 0 Å². The lowest BCUT2D eigenvalue weighted by molar-refractivity contribution is -0.117. The van der Waals surface area contributed by atoms with Crippen molar-refractivity contribution in [2.75, 3.05) is 17.7 Å². The molecule has 0 bridgehead atoms. The number of aromatic nitrogens is 2. The largest absolute Gasteiger partial charge is 0.497 e. The molecule has 2 rings (SSSR count). The third-order valence-electron chi connectivity index (χ3n) is 4.35. The molecule has 2 N–H and O–H groups in total. The first-order valence-corrected chi connectivity index (χ1v) is 9.87. The summed E-state index contributed by atoms with van der Waals surface area (Å²) in [5.74, 6) is 0.516. The number of hydrogen-bond acceptors (Lipinski definition) is 4. The standard InChI is InChI=1S/C21H30N4O3/c1-3-4-5-6-7-8-9-20(26)24-18-14-22-25(15-18)16-21(27)23-17-10-12-19(28-2)13-11-17/h10-15H,3-9,16H2,1-2H3,(H,23,27)(H,24,26). The quantitative estimate of drug-likeness (QED) is 0.535. The second-order valence-electron chi connectivity index (χ2n) is 6.77. The van der Waals surface area contributed by atoms with E-state index in [4.69, 9.17) is 4.74 Å². The van der Waals surface area contributed by atoms with E-state index in [0.29, 0.717) is 17.8 Å². The third kappa shape index (κ3) is 7.82. The normalized spacial score (nSPS) is 10.5. The molecule has 2 amide bonds. The summed E-state index contributed by atoms with van der Waals surface area (Å²) >= 11 is 0. The van der Waals surface area contributed by atoms with Crippen molar-refractivity contribution in [3.8, 4) is 5.75 Å². The molecule has 0 aliphatic carbocycles. The summed E-state index contributed by atoms with van der Waals surface area (Å²) in [6.45, 7) is 2.26. The number of unbranched alkanes of at least 4 members (excludes halogenated alkanes) is 5. The van der Waals surface area contributed by atoms with Crippen molar-refractivity contribution in [1.82, 2.24) is 9.78 Å². The molecule has 1 aromatic carbocycles. The Kier molecular flexibility index (Phi) is 9.04. The van der Waals surface area contributed by atoms with Crippen molar-refractivity contribution in [3.05, 3.63) is 36.7 Å². The summed E-state index contributed by atoms with van der Waals surface area (Å²) < 4.78 is 6.59. The third-order valence-corrected chi connectivity index (χ3v) is 4.35. The van der Waals surface area contributed by atoms with Gasteiger partial charge in [-0.2, -0.15) is 5.10 Å². The molecule has 2 aromatic rings. The highest BCUT2D eigenvalue weighted by molar-refractivity contribution is 5.91. The molecule has 28 heavy (non-hydrogen) atoms. The first-order chi connectivity index (χ1) is 13.6. The molecule has 0 aliphatic heterocycles. The number of nitrogens with zero attached hydrogens (tertiary/aromatic N) is 2. The van der Waals surface area contributed by atoms with Crippen LogP contribution in [-0.4, -0.2) is 28.7 Å². The van der Waals surface area contributed by atoms with Crippen molar-refractivity contribution in [2.45, 2.75) is 58.4 Å². The van der Waals surface area contributed by atoms with Gasteiger partial charge in [-0.1, -0.05) is 39.0 Å². The monoisotopic (exact) mass is 386 g/mol. The Morgan fingerprint density at radius 3 is 2.36 bits per heavy atom. The number of amides is 2. The average molecular weight is 386 g/mol. The maximum absolute atomic E-state index is 12.1. The number of methoxy groups -OCH3 is 1. The summed E-state index contributed by atoms with van der Waals surface area (Å²) in [6.07, 6.45) is 10.6. The minimum absolute atomic E-state index is 0.0160. The number of benzene rings is 1. The predicted octanol–water partition coefficient (Wildman–Crippen LogP) is 4.22. The van der Waals surface area contributed by atoms with Gasteiger partial charge in [0.1, 0.15) is 12.3 Å². The van der Waals surface area contributed by atoms with Gasteiger partial charge in [0.2, 0.25) is 11.8 Å². The van der Waals surface area contributed by atoms with Crippen LogP contribution in [0.4, 0.5) is 11.4 Å². The second-order valence-corrected chi connectivity index (χ2v) is 6.77. The van der Waals surface area contributed by atoms with E-state index < -0.39 is 0 Å². The fourth-order valence-corrected chi connectivity index (χ4v) is 2.83. The summed E-state index contributed by atoms with van der Waals surface area (Å²) in [5, 5.41) is 9.76. The highest BCUT2D eigenvalue weighted by atomic mass is 16.5. The summed E-state index contributed by atoms with van der Waals surface area (Å²) in [7, 11) is 1.59. The van der Waals surface area contributed by atoms with Crippen LogP contribution in [0.1, 0.15) is 51.9 Å². The van der Waals surface area contributed by atoms with E-state index in [1.807, 2.05) is 0 Å². The number of carbonyl (C=O) groups excluding carboxylic acids is 2. The maximum Gasteiger partial charge on any atom is 0.246 e. The van der Waals surface area contributed by atoms with Gasteiger partial charge in [0.05, 0.1) is 19.0 Å². The van der Waals surface area contributed by atoms with E-state index in [1.54, 1.807) is 43.8 Å². The Labute approximate surface area is 166 Å². The van der Waals surface area contributed by atoms with Gasteiger partial charge in [-0.05, 0) is 30.7 Å². The maximum atomic E-state index is 12.1. The predicted molar refractivity (Wildman–Crippen MR) is 110 cm³/mol. The van der Waals surface area contributed by atoms with E-state index in [2.05, 4.69) is 22.7 Å². The minimum Gasteiger partial charge on any atom is -0.497 e. The molecule has 0 saturated carbocycles. The molecule has 0 fully saturated rings. The Hall–Kier alpha value is -2.83. The van der Waals surface area contributed by atoms with Crippen LogP contribution in [0, 0.1) is 0 Å². The van der Waals surface area contributed by atoms with E-state index in [0.717, 1.165) is 18.6 Å². The first-order valence-electron chi connectivity index (χ1n) is 9.87. The molecule has 0 atom stereocenters. The molecular formula is C21H30N4O3. The Morgan fingerprint density at radius 2 is 1.64 bits per heavy atom. The lowest BCUT2D eigenvalue weighted by Gasteiger charge is -2.06. The van der Waals surface area contributed by atoms with Gasteiger partial charge < -0.3 is 15.4 Å². The number of rotatable bonds is 12. The van der Waals surface area contributed by atoms with Gasteiger partial charge in [-0.25, -0.2) is 0 Å². The van der Waals surface area contributed by atoms with Gasteiger partial charge in [0.25, 0.3) is 0 Å². The van der Waals surface area contributed by atoms with Crippen LogP contribution in [0.15, 0.2) is 36.7 Å². The van der Waals surface area contributed by atoms with Crippen molar-refractivity contribution in [3.63, 3.8) is 0 Å².